The SMILES string of the molecule is COC(=O)c1csc(C(Br)CC#N)n1. The van der Waals surface area contributed by atoms with Crippen LogP contribution < -0.4 is 0 Å². The lowest BCUT2D eigenvalue weighted by atomic mass is 10.3. The Bertz CT molecular complexity index is 372. The fourth-order valence-corrected chi connectivity index (χ4v) is 2.13. The van der Waals surface area contributed by atoms with Gasteiger partial charge in [-0.15, -0.1) is 11.3 Å². The number of nitriles is 1. The Morgan fingerprint density at radius 3 is 3.21 bits per heavy atom. The molecule has 0 saturated carbocycles. The van der Waals surface area contributed by atoms with E-state index in [2.05, 4.69) is 25.7 Å². The first-order valence-corrected chi connectivity index (χ1v) is 5.53. The van der Waals surface area contributed by atoms with Crippen LogP contribution >= 0.6 is 27.3 Å². The molecule has 6 heteroatoms. The van der Waals surface area contributed by atoms with Crippen molar-refractivity contribution in [1.82, 2.24) is 4.98 Å². The lowest BCUT2D eigenvalue weighted by Gasteiger charge is -1.98. The van der Waals surface area contributed by atoms with Crippen LogP contribution in [0.25, 0.3) is 0 Å². The molecule has 0 bridgehead atoms. The van der Waals surface area contributed by atoms with Crippen LogP contribution in [0, 0.1) is 11.3 Å². The summed E-state index contributed by atoms with van der Waals surface area (Å²) in [6.07, 6.45) is 0.328. The fourth-order valence-electron chi connectivity index (χ4n) is 0.797. The average Bonchev–Trinajstić information content (AvgIpc) is 2.66. The minimum absolute atomic E-state index is 0.115. The molecule has 0 aromatic carbocycles. The number of methoxy groups -OCH3 is 1. The van der Waals surface area contributed by atoms with E-state index in [4.69, 9.17) is 5.26 Å². The second kappa shape index (κ2) is 5.08. The Hall–Kier alpha value is -0.930. The minimum atomic E-state index is -0.454. The van der Waals surface area contributed by atoms with Crippen LogP contribution in [-0.2, 0) is 4.74 Å². The van der Waals surface area contributed by atoms with Gasteiger partial charge in [0.05, 0.1) is 24.4 Å². The maximum Gasteiger partial charge on any atom is 0.357 e. The van der Waals surface area contributed by atoms with Crippen molar-refractivity contribution in [3.05, 3.63) is 16.1 Å². The zero-order chi connectivity index (χ0) is 10.6. The van der Waals surface area contributed by atoms with E-state index in [1.807, 2.05) is 6.07 Å². The van der Waals surface area contributed by atoms with E-state index in [0.717, 1.165) is 0 Å². The summed E-state index contributed by atoms with van der Waals surface area (Å²) in [7, 11) is 1.31. The van der Waals surface area contributed by atoms with Crippen LogP contribution in [0.3, 0.4) is 0 Å². The minimum Gasteiger partial charge on any atom is -0.464 e. The number of halogens is 1. The number of hydrogen-bond acceptors (Lipinski definition) is 5. The zero-order valence-electron chi connectivity index (χ0n) is 7.36. The molecule has 0 aliphatic carbocycles. The van der Waals surface area contributed by atoms with Crippen molar-refractivity contribution in [2.75, 3.05) is 7.11 Å². The van der Waals surface area contributed by atoms with Crippen molar-refractivity contribution in [3.8, 4) is 6.07 Å². The molecule has 14 heavy (non-hydrogen) atoms. The lowest BCUT2D eigenvalue weighted by Crippen LogP contribution is -2.01. The Labute approximate surface area is 93.7 Å². The molecule has 0 aliphatic rings. The third-order valence-electron chi connectivity index (χ3n) is 1.45. The molecule has 74 valence electrons. The number of carbonyl (C=O) groups excluding carboxylic acids is 1. The number of alkyl halides is 1. The Balaban J connectivity index is 2.78. The number of ether oxygens (including phenoxy) is 1. The number of rotatable bonds is 3. The summed E-state index contributed by atoms with van der Waals surface area (Å²) in [6, 6.07) is 2.02. The second-order valence-electron chi connectivity index (χ2n) is 2.39. The van der Waals surface area contributed by atoms with Crippen LogP contribution in [0.15, 0.2) is 5.38 Å². The Morgan fingerprint density at radius 2 is 2.64 bits per heavy atom. The predicted octanol–water partition coefficient (Wildman–Crippen LogP) is 2.28. The van der Waals surface area contributed by atoms with E-state index in [1.54, 1.807) is 5.38 Å². The molecular formula is C8H7BrN2O2S. The largest absolute Gasteiger partial charge is 0.464 e. The van der Waals surface area contributed by atoms with Gasteiger partial charge in [-0.25, -0.2) is 9.78 Å². The number of nitrogens with zero attached hydrogens (tertiary/aromatic N) is 2. The molecule has 1 rings (SSSR count). The van der Waals surface area contributed by atoms with Gasteiger partial charge in [0, 0.05) is 5.38 Å². The van der Waals surface area contributed by atoms with E-state index in [1.165, 1.54) is 18.4 Å². The van der Waals surface area contributed by atoms with E-state index in [9.17, 15) is 4.79 Å². The van der Waals surface area contributed by atoms with Gasteiger partial charge >= 0.3 is 5.97 Å². The van der Waals surface area contributed by atoms with Gasteiger partial charge in [-0.05, 0) is 0 Å². The molecular weight excluding hydrogens is 268 g/mol. The molecule has 0 N–H and O–H groups in total. The maximum absolute atomic E-state index is 11.0. The average molecular weight is 275 g/mol. The van der Waals surface area contributed by atoms with Crippen molar-refractivity contribution in [3.63, 3.8) is 0 Å². The Morgan fingerprint density at radius 1 is 1.93 bits per heavy atom. The summed E-state index contributed by atoms with van der Waals surface area (Å²) in [6.45, 7) is 0. The fraction of sp³-hybridized carbons (Fsp3) is 0.375. The molecule has 1 heterocycles. The summed E-state index contributed by atoms with van der Waals surface area (Å²) in [5.74, 6) is -0.454. The van der Waals surface area contributed by atoms with Crippen molar-refractivity contribution in [2.45, 2.75) is 11.2 Å². The van der Waals surface area contributed by atoms with Crippen molar-refractivity contribution in [2.24, 2.45) is 0 Å². The van der Waals surface area contributed by atoms with Crippen LogP contribution in [0.1, 0.15) is 26.7 Å². The van der Waals surface area contributed by atoms with Gasteiger partial charge in [0.1, 0.15) is 5.01 Å². The third-order valence-corrected chi connectivity index (χ3v) is 3.47. The summed E-state index contributed by atoms with van der Waals surface area (Å²) >= 11 is 4.64. The summed E-state index contributed by atoms with van der Waals surface area (Å²) in [5.41, 5.74) is 0.287. The highest BCUT2D eigenvalue weighted by Crippen LogP contribution is 2.28. The molecule has 1 unspecified atom stereocenters. The number of carbonyl (C=O) groups is 1. The van der Waals surface area contributed by atoms with Crippen molar-refractivity contribution < 1.29 is 9.53 Å². The van der Waals surface area contributed by atoms with Crippen LogP contribution in [0.2, 0.25) is 0 Å². The van der Waals surface area contributed by atoms with Gasteiger partial charge < -0.3 is 4.74 Å². The molecule has 1 aromatic heterocycles. The molecule has 0 saturated heterocycles. The van der Waals surface area contributed by atoms with E-state index >= 15 is 0 Å². The normalized spacial score (nSPS) is 11.8. The van der Waals surface area contributed by atoms with E-state index in [-0.39, 0.29) is 10.5 Å². The summed E-state index contributed by atoms with van der Waals surface area (Å²) in [5, 5.41) is 10.8. The van der Waals surface area contributed by atoms with Gasteiger partial charge in [-0.2, -0.15) is 5.26 Å². The smallest absolute Gasteiger partial charge is 0.357 e. The second-order valence-corrected chi connectivity index (χ2v) is 4.39. The quantitative estimate of drug-likeness (QED) is 0.627. The standard InChI is InChI=1S/C8H7BrN2O2S/c1-13-8(12)6-4-14-7(11-6)5(9)2-3-10/h4-5H,2H2,1H3. The van der Waals surface area contributed by atoms with E-state index < -0.39 is 5.97 Å². The molecule has 0 radical (unpaired) electrons. The van der Waals surface area contributed by atoms with Crippen molar-refractivity contribution in [1.29, 1.82) is 5.26 Å². The molecule has 1 atom stereocenters. The van der Waals surface area contributed by atoms with E-state index in [0.29, 0.717) is 11.4 Å². The first-order valence-electron chi connectivity index (χ1n) is 3.73. The third kappa shape index (κ3) is 2.53. The highest BCUT2D eigenvalue weighted by atomic mass is 79.9. The molecule has 0 fully saturated rings. The van der Waals surface area contributed by atoms with Gasteiger partial charge in [0.2, 0.25) is 0 Å². The van der Waals surface area contributed by atoms with Gasteiger partial charge in [-0.1, -0.05) is 15.9 Å². The monoisotopic (exact) mass is 274 g/mol. The maximum atomic E-state index is 11.0. The van der Waals surface area contributed by atoms with Crippen LogP contribution in [0.5, 0.6) is 0 Å². The molecule has 4 nitrogen and oxygen atoms in total. The lowest BCUT2D eigenvalue weighted by molar-refractivity contribution is 0.0594. The predicted molar refractivity (Wildman–Crippen MR) is 55.4 cm³/mol. The van der Waals surface area contributed by atoms with Gasteiger partial charge in [0.15, 0.2) is 5.69 Å². The highest BCUT2D eigenvalue weighted by Gasteiger charge is 2.15. The number of hydrogen-bond donors (Lipinski definition) is 0. The number of thiazole rings is 1. The first kappa shape index (κ1) is 11.1. The van der Waals surface area contributed by atoms with Gasteiger partial charge in [0.25, 0.3) is 0 Å². The first-order chi connectivity index (χ1) is 6.69. The highest BCUT2D eigenvalue weighted by molar-refractivity contribution is 9.09. The number of esters is 1. The Kier molecular flexibility index (Phi) is 4.04. The topological polar surface area (TPSA) is 63.0 Å². The zero-order valence-corrected chi connectivity index (χ0v) is 9.76. The summed E-state index contributed by atoms with van der Waals surface area (Å²) in [4.78, 5) is 15.0. The number of aromatic nitrogens is 1. The van der Waals surface area contributed by atoms with Gasteiger partial charge in [-0.3, -0.25) is 0 Å². The van der Waals surface area contributed by atoms with Crippen LogP contribution in [0.4, 0.5) is 0 Å². The summed E-state index contributed by atoms with van der Waals surface area (Å²) < 4.78 is 4.51. The molecule has 0 aliphatic heterocycles. The molecule has 1 aromatic rings. The molecule has 0 spiro atoms. The molecule has 0 amide bonds. The van der Waals surface area contributed by atoms with Crippen LogP contribution in [-0.4, -0.2) is 18.1 Å². The van der Waals surface area contributed by atoms with Crippen molar-refractivity contribution >= 4 is 33.2 Å².